The Hall–Kier alpha value is -1.88. The summed E-state index contributed by atoms with van der Waals surface area (Å²) < 4.78 is 5.75. The molecule has 126 valence electrons. The fraction of sp³-hybridized carbons (Fsp3) is 0.556. The van der Waals surface area contributed by atoms with Gasteiger partial charge < -0.3 is 15.4 Å². The molecule has 2 rings (SSSR count). The summed E-state index contributed by atoms with van der Waals surface area (Å²) in [6, 6.07) is 7.44. The molecule has 1 aromatic carbocycles. The van der Waals surface area contributed by atoms with Gasteiger partial charge in [0.25, 0.3) is 0 Å². The SMILES string of the molecule is CC(=O)Nc1cccc(CNC(=O)CO[C@@H]2CCCC[C@H]2C)c1. The average Bonchev–Trinajstić information content (AvgIpc) is 2.52. The molecule has 0 saturated heterocycles. The summed E-state index contributed by atoms with van der Waals surface area (Å²) in [4.78, 5) is 23.0. The van der Waals surface area contributed by atoms with Crippen molar-refractivity contribution in [3.8, 4) is 0 Å². The van der Waals surface area contributed by atoms with Gasteiger partial charge in [-0.3, -0.25) is 9.59 Å². The van der Waals surface area contributed by atoms with Crippen molar-refractivity contribution >= 4 is 17.5 Å². The first kappa shape index (κ1) is 17.5. The van der Waals surface area contributed by atoms with Gasteiger partial charge in [-0.2, -0.15) is 0 Å². The number of anilines is 1. The van der Waals surface area contributed by atoms with E-state index in [1.807, 2.05) is 24.3 Å². The second kappa shape index (κ2) is 8.67. The Labute approximate surface area is 137 Å². The van der Waals surface area contributed by atoms with Crippen molar-refractivity contribution in [3.05, 3.63) is 29.8 Å². The van der Waals surface area contributed by atoms with Gasteiger partial charge >= 0.3 is 0 Å². The highest BCUT2D eigenvalue weighted by atomic mass is 16.5. The quantitative estimate of drug-likeness (QED) is 0.847. The molecule has 2 N–H and O–H groups in total. The van der Waals surface area contributed by atoms with Crippen LogP contribution in [0.1, 0.15) is 45.1 Å². The molecule has 1 aliphatic carbocycles. The van der Waals surface area contributed by atoms with Gasteiger partial charge in [-0.25, -0.2) is 0 Å². The van der Waals surface area contributed by atoms with E-state index in [2.05, 4.69) is 17.6 Å². The Kier molecular flexibility index (Phi) is 6.59. The number of carbonyl (C=O) groups is 2. The Balaban J connectivity index is 1.74. The number of nitrogens with one attached hydrogen (secondary N) is 2. The van der Waals surface area contributed by atoms with Crippen LogP contribution < -0.4 is 10.6 Å². The van der Waals surface area contributed by atoms with Gasteiger partial charge in [0.2, 0.25) is 11.8 Å². The zero-order chi connectivity index (χ0) is 16.7. The number of ether oxygens (including phenoxy) is 1. The first-order valence-corrected chi connectivity index (χ1v) is 8.29. The normalized spacial score (nSPS) is 20.8. The molecular weight excluding hydrogens is 292 g/mol. The van der Waals surface area contributed by atoms with Crippen LogP contribution in [0, 0.1) is 5.92 Å². The molecule has 0 heterocycles. The van der Waals surface area contributed by atoms with Gasteiger partial charge in [0.15, 0.2) is 0 Å². The molecule has 0 spiro atoms. The lowest BCUT2D eigenvalue weighted by Crippen LogP contribution is -2.32. The fourth-order valence-corrected chi connectivity index (χ4v) is 2.93. The van der Waals surface area contributed by atoms with Crippen molar-refractivity contribution in [2.75, 3.05) is 11.9 Å². The van der Waals surface area contributed by atoms with E-state index in [1.54, 1.807) is 0 Å². The monoisotopic (exact) mass is 318 g/mol. The van der Waals surface area contributed by atoms with Gasteiger partial charge in [0, 0.05) is 19.2 Å². The van der Waals surface area contributed by atoms with Crippen LogP contribution in [0.5, 0.6) is 0 Å². The van der Waals surface area contributed by atoms with Crippen molar-refractivity contribution in [2.24, 2.45) is 5.92 Å². The Morgan fingerprint density at radius 3 is 2.78 bits per heavy atom. The zero-order valence-electron chi connectivity index (χ0n) is 13.9. The minimum absolute atomic E-state index is 0.104. The number of hydrogen-bond donors (Lipinski definition) is 2. The van der Waals surface area contributed by atoms with Crippen molar-refractivity contribution in [2.45, 2.75) is 52.2 Å². The Bertz CT molecular complexity index is 545. The molecule has 0 bridgehead atoms. The zero-order valence-corrected chi connectivity index (χ0v) is 13.9. The third-order valence-electron chi connectivity index (χ3n) is 4.20. The molecule has 1 fully saturated rings. The summed E-state index contributed by atoms with van der Waals surface area (Å²) in [6.45, 7) is 4.20. The van der Waals surface area contributed by atoms with Gasteiger partial charge in [-0.15, -0.1) is 0 Å². The van der Waals surface area contributed by atoms with E-state index in [-0.39, 0.29) is 24.5 Å². The summed E-state index contributed by atoms with van der Waals surface area (Å²) in [6.07, 6.45) is 4.89. The lowest BCUT2D eigenvalue weighted by atomic mass is 9.88. The maximum Gasteiger partial charge on any atom is 0.246 e. The molecule has 0 aromatic heterocycles. The summed E-state index contributed by atoms with van der Waals surface area (Å²) in [5.41, 5.74) is 1.67. The first-order valence-electron chi connectivity index (χ1n) is 8.29. The number of rotatable bonds is 6. The number of amides is 2. The number of carbonyl (C=O) groups excluding carboxylic acids is 2. The molecule has 5 nitrogen and oxygen atoms in total. The first-order chi connectivity index (χ1) is 11.0. The van der Waals surface area contributed by atoms with Crippen LogP contribution in [-0.4, -0.2) is 24.5 Å². The third kappa shape index (κ3) is 6.02. The highest BCUT2D eigenvalue weighted by Gasteiger charge is 2.22. The maximum absolute atomic E-state index is 11.9. The van der Waals surface area contributed by atoms with Crippen LogP contribution in [0.2, 0.25) is 0 Å². The van der Waals surface area contributed by atoms with E-state index >= 15 is 0 Å². The molecule has 2 amide bonds. The predicted octanol–water partition coefficient (Wildman–Crippen LogP) is 2.86. The third-order valence-corrected chi connectivity index (χ3v) is 4.20. The van der Waals surface area contributed by atoms with Gasteiger partial charge in [-0.05, 0) is 36.5 Å². The van der Waals surface area contributed by atoms with Crippen molar-refractivity contribution in [1.29, 1.82) is 0 Å². The molecule has 5 heteroatoms. The van der Waals surface area contributed by atoms with E-state index in [0.717, 1.165) is 17.7 Å². The lowest BCUT2D eigenvalue weighted by Gasteiger charge is -2.28. The Morgan fingerprint density at radius 1 is 1.26 bits per heavy atom. The van der Waals surface area contributed by atoms with Gasteiger partial charge in [0.1, 0.15) is 6.61 Å². The van der Waals surface area contributed by atoms with Crippen LogP contribution in [0.25, 0.3) is 0 Å². The summed E-state index contributed by atoms with van der Waals surface area (Å²) >= 11 is 0. The van der Waals surface area contributed by atoms with Crippen molar-refractivity contribution in [1.82, 2.24) is 5.32 Å². The maximum atomic E-state index is 11.9. The van der Waals surface area contributed by atoms with E-state index in [9.17, 15) is 9.59 Å². The van der Waals surface area contributed by atoms with Crippen LogP contribution in [0.3, 0.4) is 0 Å². The second-order valence-electron chi connectivity index (χ2n) is 6.27. The van der Waals surface area contributed by atoms with Gasteiger partial charge in [0.05, 0.1) is 6.10 Å². The molecule has 0 radical (unpaired) electrons. The minimum Gasteiger partial charge on any atom is -0.368 e. The van der Waals surface area contributed by atoms with Gasteiger partial charge in [-0.1, -0.05) is 31.9 Å². The lowest BCUT2D eigenvalue weighted by molar-refractivity contribution is -0.129. The molecule has 0 aliphatic heterocycles. The molecule has 1 aromatic rings. The summed E-state index contributed by atoms with van der Waals surface area (Å²) in [5, 5.41) is 5.59. The van der Waals surface area contributed by atoms with Crippen LogP contribution in [0.4, 0.5) is 5.69 Å². The van der Waals surface area contributed by atoms with E-state index < -0.39 is 0 Å². The summed E-state index contributed by atoms with van der Waals surface area (Å²) in [7, 11) is 0. The fourth-order valence-electron chi connectivity index (χ4n) is 2.93. The molecular formula is C18H26N2O3. The summed E-state index contributed by atoms with van der Waals surface area (Å²) in [5.74, 6) is 0.319. The molecule has 1 saturated carbocycles. The standard InChI is InChI=1S/C18H26N2O3/c1-13-6-3-4-9-17(13)23-12-18(22)19-11-15-7-5-8-16(10-15)20-14(2)21/h5,7-8,10,13,17H,3-4,6,9,11-12H2,1-2H3,(H,19,22)(H,20,21)/t13-,17-/m1/s1. The molecule has 2 atom stereocenters. The molecule has 23 heavy (non-hydrogen) atoms. The van der Waals surface area contributed by atoms with E-state index in [1.165, 1.54) is 26.2 Å². The number of hydrogen-bond acceptors (Lipinski definition) is 3. The molecule has 0 unspecified atom stereocenters. The minimum atomic E-state index is -0.110. The Morgan fingerprint density at radius 2 is 2.04 bits per heavy atom. The largest absolute Gasteiger partial charge is 0.368 e. The topological polar surface area (TPSA) is 67.4 Å². The van der Waals surface area contributed by atoms with E-state index in [4.69, 9.17) is 4.74 Å². The van der Waals surface area contributed by atoms with E-state index in [0.29, 0.717) is 12.5 Å². The molecule has 1 aliphatic rings. The van der Waals surface area contributed by atoms with Crippen molar-refractivity contribution < 1.29 is 14.3 Å². The van der Waals surface area contributed by atoms with Crippen LogP contribution >= 0.6 is 0 Å². The predicted molar refractivity (Wildman–Crippen MR) is 90.0 cm³/mol. The highest BCUT2D eigenvalue weighted by molar-refractivity contribution is 5.88. The highest BCUT2D eigenvalue weighted by Crippen LogP contribution is 2.26. The van der Waals surface area contributed by atoms with Crippen molar-refractivity contribution in [3.63, 3.8) is 0 Å². The van der Waals surface area contributed by atoms with Crippen LogP contribution in [-0.2, 0) is 20.9 Å². The second-order valence-corrected chi connectivity index (χ2v) is 6.27. The number of benzene rings is 1. The smallest absolute Gasteiger partial charge is 0.246 e. The van der Waals surface area contributed by atoms with Crippen LogP contribution in [0.15, 0.2) is 24.3 Å². The average molecular weight is 318 g/mol.